The molecule has 0 aliphatic heterocycles. The topological polar surface area (TPSA) is 83.7 Å². The van der Waals surface area contributed by atoms with Gasteiger partial charge in [0, 0.05) is 36.9 Å². The number of carbonyl (C=O) groups excluding carboxylic acids is 1. The van der Waals surface area contributed by atoms with Crippen LogP contribution in [0.4, 0.5) is 5.69 Å². The van der Waals surface area contributed by atoms with Gasteiger partial charge >= 0.3 is 0 Å². The van der Waals surface area contributed by atoms with E-state index in [0.717, 1.165) is 0 Å². The zero-order chi connectivity index (χ0) is 14.4. The van der Waals surface area contributed by atoms with E-state index in [4.69, 9.17) is 5.11 Å². The van der Waals surface area contributed by atoms with Crippen LogP contribution in [0.3, 0.4) is 0 Å². The average Bonchev–Trinajstić information content (AvgIpc) is 2.38. The summed E-state index contributed by atoms with van der Waals surface area (Å²) in [7, 11) is 0. The van der Waals surface area contributed by atoms with Crippen molar-refractivity contribution in [2.45, 2.75) is 26.3 Å². The van der Waals surface area contributed by atoms with Gasteiger partial charge < -0.3 is 10.0 Å². The quantitative estimate of drug-likeness (QED) is 0.629. The third-order valence-electron chi connectivity index (χ3n) is 2.77. The van der Waals surface area contributed by atoms with Crippen molar-refractivity contribution in [2.75, 3.05) is 13.2 Å². The van der Waals surface area contributed by atoms with Crippen LogP contribution in [-0.4, -0.2) is 40.0 Å². The summed E-state index contributed by atoms with van der Waals surface area (Å²) in [6.45, 7) is 4.27. The van der Waals surface area contributed by atoms with Crippen molar-refractivity contribution in [3.63, 3.8) is 0 Å². The summed E-state index contributed by atoms with van der Waals surface area (Å²) in [6.07, 6.45) is 0.511. The van der Waals surface area contributed by atoms with E-state index in [1.54, 1.807) is 4.90 Å². The molecule has 1 amide bonds. The van der Waals surface area contributed by atoms with E-state index in [1.165, 1.54) is 24.3 Å². The van der Waals surface area contributed by atoms with Gasteiger partial charge in [-0.05, 0) is 32.4 Å². The molecule has 0 saturated carbocycles. The van der Waals surface area contributed by atoms with Crippen LogP contribution >= 0.6 is 0 Å². The number of carbonyl (C=O) groups is 1. The molecule has 6 heteroatoms. The van der Waals surface area contributed by atoms with E-state index < -0.39 is 4.92 Å². The SMILES string of the molecule is CC(C)N(CCCO)C(=O)c1ccc([N+](=O)[O-])cc1. The maximum atomic E-state index is 12.2. The normalized spacial score (nSPS) is 10.5. The van der Waals surface area contributed by atoms with Crippen molar-refractivity contribution >= 4 is 11.6 Å². The van der Waals surface area contributed by atoms with Gasteiger partial charge in [-0.25, -0.2) is 0 Å². The number of hydrogen-bond donors (Lipinski definition) is 1. The highest BCUT2D eigenvalue weighted by Gasteiger charge is 2.18. The molecule has 1 aromatic rings. The molecule has 19 heavy (non-hydrogen) atoms. The van der Waals surface area contributed by atoms with Gasteiger partial charge in [-0.1, -0.05) is 0 Å². The van der Waals surface area contributed by atoms with Crippen LogP contribution in [0.5, 0.6) is 0 Å². The Morgan fingerprint density at radius 1 is 1.37 bits per heavy atom. The summed E-state index contributed by atoms with van der Waals surface area (Å²) in [5.41, 5.74) is 0.375. The molecule has 0 bridgehead atoms. The summed E-state index contributed by atoms with van der Waals surface area (Å²) in [5, 5.41) is 19.4. The number of aliphatic hydroxyl groups excluding tert-OH is 1. The predicted molar refractivity (Wildman–Crippen MR) is 71.0 cm³/mol. The lowest BCUT2D eigenvalue weighted by molar-refractivity contribution is -0.384. The van der Waals surface area contributed by atoms with E-state index in [-0.39, 0.29) is 24.2 Å². The van der Waals surface area contributed by atoms with Gasteiger partial charge in [-0.15, -0.1) is 0 Å². The fraction of sp³-hybridized carbons (Fsp3) is 0.462. The highest BCUT2D eigenvalue weighted by Crippen LogP contribution is 2.15. The summed E-state index contributed by atoms with van der Waals surface area (Å²) >= 11 is 0. The molecule has 0 fully saturated rings. The van der Waals surface area contributed by atoms with Gasteiger partial charge in [-0.2, -0.15) is 0 Å². The van der Waals surface area contributed by atoms with Crippen LogP contribution in [0.2, 0.25) is 0 Å². The van der Waals surface area contributed by atoms with Gasteiger partial charge in [-0.3, -0.25) is 14.9 Å². The summed E-state index contributed by atoms with van der Waals surface area (Å²) < 4.78 is 0. The first-order valence-electron chi connectivity index (χ1n) is 6.13. The third-order valence-corrected chi connectivity index (χ3v) is 2.77. The third kappa shape index (κ3) is 4.03. The van der Waals surface area contributed by atoms with Crippen LogP contribution in [0, 0.1) is 10.1 Å². The molecule has 0 saturated heterocycles. The minimum atomic E-state index is -0.500. The van der Waals surface area contributed by atoms with E-state index in [2.05, 4.69) is 0 Å². The zero-order valence-corrected chi connectivity index (χ0v) is 11.1. The highest BCUT2D eigenvalue weighted by molar-refractivity contribution is 5.94. The molecule has 0 unspecified atom stereocenters. The first kappa shape index (κ1) is 15.1. The van der Waals surface area contributed by atoms with Crippen molar-refractivity contribution in [1.29, 1.82) is 0 Å². The molecule has 0 aromatic heterocycles. The largest absolute Gasteiger partial charge is 0.396 e. The maximum Gasteiger partial charge on any atom is 0.269 e. The summed E-state index contributed by atoms with van der Waals surface area (Å²) in [6, 6.07) is 5.55. The Bertz CT molecular complexity index is 442. The van der Waals surface area contributed by atoms with E-state index in [9.17, 15) is 14.9 Å². The maximum absolute atomic E-state index is 12.2. The minimum Gasteiger partial charge on any atom is -0.396 e. The van der Waals surface area contributed by atoms with Gasteiger partial charge in [0.25, 0.3) is 11.6 Å². The molecule has 0 aliphatic rings. The molecular formula is C13H18N2O4. The van der Waals surface area contributed by atoms with Gasteiger partial charge in [0.05, 0.1) is 4.92 Å². The molecule has 0 spiro atoms. The molecule has 104 valence electrons. The molecule has 0 radical (unpaired) electrons. The molecule has 6 nitrogen and oxygen atoms in total. The van der Waals surface area contributed by atoms with Crippen LogP contribution in [-0.2, 0) is 0 Å². The Kier molecular flexibility index (Phi) is 5.44. The highest BCUT2D eigenvalue weighted by atomic mass is 16.6. The second-order valence-electron chi connectivity index (χ2n) is 4.47. The van der Waals surface area contributed by atoms with Gasteiger partial charge in [0.15, 0.2) is 0 Å². The predicted octanol–water partition coefficient (Wildman–Crippen LogP) is 1.83. The first-order valence-corrected chi connectivity index (χ1v) is 6.13. The molecule has 0 aliphatic carbocycles. The Morgan fingerprint density at radius 3 is 2.37 bits per heavy atom. The number of hydrogen-bond acceptors (Lipinski definition) is 4. The fourth-order valence-corrected chi connectivity index (χ4v) is 1.73. The number of rotatable bonds is 6. The zero-order valence-electron chi connectivity index (χ0n) is 11.1. The second kappa shape index (κ2) is 6.84. The van der Waals surface area contributed by atoms with Crippen molar-refractivity contribution < 1.29 is 14.8 Å². The van der Waals surface area contributed by atoms with E-state index in [1.807, 2.05) is 13.8 Å². The summed E-state index contributed by atoms with van der Waals surface area (Å²) in [4.78, 5) is 23.9. The van der Waals surface area contributed by atoms with Crippen LogP contribution in [0.25, 0.3) is 0 Å². The van der Waals surface area contributed by atoms with Crippen LogP contribution in [0.1, 0.15) is 30.6 Å². The Hall–Kier alpha value is -1.95. The van der Waals surface area contributed by atoms with Gasteiger partial charge in [0.2, 0.25) is 0 Å². The van der Waals surface area contributed by atoms with Gasteiger partial charge in [0.1, 0.15) is 0 Å². The number of aliphatic hydroxyl groups is 1. The monoisotopic (exact) mass is 266 g/mol. The number of nitrogens with zero attached hydrogens (tertiary/aromatic N) is 2. The molecule has 1 aromatic carbocycles. The minimum absolute atomic E-state index is 0.00856. The Morgan fingerprint density at radius 2 is 1.95 bits per heavy atom. The van der Waals surface area contributed by atoms with Crippen molar-refractivity contribution in [3.8, 4) is 0 Å². The number of nitro benzene ring substituents is 1. The molecule has 0 heterocycles. The Balaban J connectivity index is 2.87. The number of nitro groups is 1. The van der Waals surface area contributed by atoms with Crippen molar-refractivity contribution in [3.05, 3.63) is 39.9 Å². The Labute approximate surface area is 111 Å². The van der Waals surface area contributed by atoms with Crippen molar-refractivity contribution in [1.82, 2.24) is 4.90 Å². The number of non-ortho nitro benzene ring substituents is 1. The van der Waals surface area contributed by atoms with Crippen LogP contribution in [0.15, 0.2) is 24.3 Å². The second-order valence-corrected chi connectivity index (χ2v) is 4.47. The number of amides is 1. The number of benzene rings is 1. The average molecular weight is 266 g/mol. The van der Waals surface area contributed by atoms with Crippen molar-refractivity contribution in [2.24, 2.45) is 0 Å². The smallest absolute Gasteiger partial charge is 0.269 e. The molecule has 1 N–H and O–H groups in total. The summed E-state index contributed by atoms with van der Waals surface area (Å²) in [5.74, 6) is -0.182. The molecular weight excluding hydrogens is 248 g/mol. The fourth-order valence-electron chi connectivity index (χ4n) is 1.73. The first-order chi connectivity index (χ1) is 8.97. The lowest BCUT2D eigenvalue weighted by Crippen LogP contribution is -2.38. The standard InChI is InChI=1S/C13H18N2O4/c1-10(2)14(8-3-9-16)13(17)11-4-6-12(7-5-11)15(18)19/h4-7,10,16H,3,8-9H2,1-2H3. The lowest BCUT2D eigenvalue weighted by atomic mass is 10.1. The molecule has 1 rings (SSSR count). The van der Waals surface area contributed by atoms with Crippen LogP contribution < -0.4 is 0 Å². The van der Waals surface area contributed by atoms with E-state index in [0.29, 0.717) is 18.5 Å². The molecule has 0 atom stereocenters. The van der Waals surface area contributed by atoms with E-state index >= 15 is 0 Å². The lowest BCUT2D eigenvalue weighted by Gasteiger charge is -2.26.